The van der Waals surface area contributed by atoms with E-state index in [4.69, 9.17) is 0 Å². The van der Waals surface area contributed by atoms with Crippen LogP contribution in [0.3, 0.4) is 0 Å². The third-order valence-electron chi connectivity index (χ3n) is 2.41. The molecule has 0 aliphatic carbocycles. The van der Waals surface area contributed by atoms with Gasteiger partial charge >= 0.3 is 0 Å². The van der Waals surface area contributed by atoms with Crippen molar-refractivity contribution >= 4 is 12.2 Å². The van der Waals surface area contributed by atoms with Crippen LogP contribution in [0.2, 0.25) is 0 Å². The molecule has 0 aromatic heterocycles. The maximum Gasteiger partial charge on any atom is 0.254 e. The smallest absolute Gasteiger partial charge is 0.254 e. The molecule has 0 saturated carbocycles. The quantitative estimate of drug-likeness (QED) is 0.707. The fourth-order valence-corrected chi connectivity index (χ4v) is 1.22. The van der Waals surface area contributed by atoms with Gasteiger partial charge in [0.1, 0.15) is 0 Å². The minimum atomic E-state index is -0.118. The van der Waals surface area contributed by atoms with E-state index >= 15 is 0 Å². The van der Waals surface area contributed by atoms with Gasteiger partial charge in [-0.1, -0.05) is 18.2 Å². The standard InChI is InChI=1S/C12H15NO2/c1-9(2)13(3)12(15)11-7-5-4-6-10(11)8-14/h4-9H,1-3H3. The van der Waals surface area contributed by atoms with Crippen LogP contribution in [-0.2, 0) is 0 Å². The van der Waals surface area contributed by atoms with Gasteiger partial charge in [0.05, 0.1) is 5.56 Å². The summed E-state index contributed by atoms with van der Waals surface area (Å²) in [6.45, 7) is 3.86. The molecule has 0 aliphatic rings. The van der Waals surface area contributed by atoms with E-state index in [1.54, 1.807) is 36.2 Å². The number of carbonyl (C=O) groups excluding carboxylic acids is 2. The maximum absolute atomic E-state index is 11.9. The predicted octanol–water partition coefficient (Wildman–Crippen LogP) is 1.98. The molecule has 0 bridgehead atoms. The minimum Gasteiger partial charge on any atom is -0.339 e. The first-order valence-electron chi connectivity index (χ1n) is 4.89. The molecule has 0 fully saturated rings. The zero-order valence-corrected chi connectivity index (χ0v) is 9.23. The Kier molecular flexibility index (Phi) is 3.61. The van der Waals surface area contributed by atoms with Gasteiger partial charge in [-0.2, -0.15) is 0 Å². The third-order valence-corrected chi connectivity index (χ3v) is 2.41. The molecule has 1 aromatic carbocycles. The van der Waals surface area contributed by atoms with Gasteiger partial charge in [-0.3, -0.25) is 9.59 Å². The highest BCUT2D eigenvalue weighted by molar-refractivity contribution is 6.01. The molecule has 0 atom stereocenters. The van der Waals surface area contributed by atoms with Gasteiger partial charge in [-0.15, -0.1) is 0 Å². The third kappa shape index (κ3) is 2.43. The number of aldehydes is 1. The Labute approximate surface area is 89.7 Å². The second-order valence-corrected chi connectivity index (χ2v) is 3.71. The van der Waals surface area contributed by atoms with Crippen molar-refractivity contribution in [3.8, 4) is 0 Å². The summed E-state index contributed by atoms with van der Waals surface area (Å²) in [6, 6.07) is 6.95. The van der Waals surface area contributed by atoms with Crippen LogP contribution in [0.15, 0.2) is 24.3 Å². The lowest BCUT2D eigenvalue weighted by atomic mass is 10.1. The second kappa shape index (κ2) is 4.73. The normalized spacial score (nSPS) is 10.1. The largest absolute Gasteiger partial charge is 0.339 e. The molecule has 1 amide bonds. The number of hydrogen-bond donors (Lipinski definition) is 0. The minimum absolute atomic E-state index is 0.118. The van der Waals surface area contributed by atoms with Crippen molar-refractivity contribution in [3.05, 3.63) is 35.4 Å². The summed E-state index contributed by atoms with van der Waals surface area (Å²) >= 11 is 0. The Morgan fingerprint density at radius 2 is 1.93 bits per heavy atom. The predicted molar refractivity (Wildman–Crippen MR) is 59.1 cm³/mol. The van der Waals surface area contributed by atoms with Gasteiger partial charge in [-0.25, -0.2) is 0 Å². The summed E-state index contributed by atoms with van der Waals surface area (Å²) in [5.74, 6) is -0.118. The van der Waals surface area contributed by atoms with E-state index in [9.17, 15) is 9.59 Å². The van der Waals surface area contributed by atoms with E-state index in [2.05, 4.69) is 0 Å². The van der Waals surface area contributed by atoms with E-state index in [0.29, 0.717) is 17.4 Å². The highest BCUT2D eigenvalue weighted by atomic mass is 16.2. The zero-order valence-electron chi connectivity index (χ0n) is 9.23. The van der Waals surface area contributed by atoms with Crippen molar-refractivity contribution in [1.82, 2.24) is 4.90 Å². The maximum atomic E-state index is 11.9. The van der Waals surface area contributed by atoms with Crippen LogP contribution in [0.25, 0.3) is 0 Å². The molecule has 1 rings (SSSR count). The zero-order chi connectivity index (χ0) is 11.4. The number of rotatable bonds is 3. The summed E-state index contributed by atoms with van der Waals surface area (Å²) in [7, 11) is 1.73. The highest BCUT2D eigenvalue weighted by Crippen LogP contribution is 2.10. The Morgan fingerprint density at radius 1 is 1.33 bits per heavy atom. The molecule has 0 saturated heterocycles. The van der Waals surface area contributed by atoms with Crippen molar-refractivity contribution in [2.45, 2.75) is 19.9 Å². The number of nitrogens with zero attached hydrogens (tertiary/aromatic N) is 1. The van der Waals surface area contributed by atoms with Crippen molar-refractivity contribution in [1.29, 1.82) is 0 Å². The molecule has 3 nitrogen and oxygen atoms in total. The van der Waals surface area contributed by atoms with Crippen molar-refractivity contribution < 1.29 is 9.59 Å². The lowest BCUT2D eigenvalue weighted by Gasteiger charge is -2.21. The van der Waals surface area contributed by atoms with Gasteiger partial charge in [0.15, 0.2) is 6.29 Å². The summed E-state index contributed by atoms with van der Waals surface area (Å²) in [5.41, 5.74) is 0.902. The van der Waals surface area contributed by atoms with Crippen LogP contribution in [0.5, 0.6) is 0 Å². The van der Waals surface area contributed by atoms with Gasteiger partial charge < -0.3 is 4.90 Å². The lowest BCUT2D eigenvalue weighted by Crippen LogP contribution is -2.33. The Balaban J connectivity index is 3.05. The van der Waals surface area contributed by atoms with Gasteiger partial charge in [0, 0.05) is 18.7 Å². The molecule has 15 heavy (non-hydrogen) atoms. The molecule has 0 spiro atoms. The Bertz CT molecular complexity index is 372. The van der Waals surface area contributed by atoms with Crippen molar-refractivity contribution in [3.63, 3.8) is 0 Å². The monoisotopic (exact) mass is 205 g/mol. The van der Waals surface area contributed by atoms with E-state index < -0.39 is 0 Å². The first kappa shape index (κ1) is 11.4. The lowest BCUT2D eigenvalue weighted by molar-refractivity contribution is 0.0752. The van der Waals surface area contributed by atoms with Crippen molar-refractivity contribution in [2.24, 2.45) is 0 Å². The average molecular weight is 205 g/mol. The van der Waals surface area contributed by atoms with E-state index in [1.165, 1.54) is 0 Å². The van der Waals surface area contributed by atoms with Crippen LogP contribution in [-0.4, -0.2) is 30.2 Å². The van der Waals surface area contributed by atoms with E-state index in [0.717, 1.165) is 0 Å². The summed E-state index contributed by atoms with van der Waals surface area (Å²) in [5, 5.41) is 0. The van der Waals surface area contributed by atoms with E-state index in [1.807, 2.05) is 13.8 Å². The SMILES string of the molecule is CC(C)N(C)C(=O)c1ccccc1C=O. The summed E-state index contributed by atoms with van der Waals surface area (Å²) < 4.78 is 0. The molecule has 0 N–H and O–H groups in total. The fraction of sp³-hybridized carbons (Fsp3) is 0.333. The highest BCUT2D eigenvalue weighted by Gasteiger charge is 2.16. The molecule has 3 heteroatoms. The molecular formula is C12H15NO2. The average Bonchev–Trinajstić information content (AvgIpc) is 2.26. The second-order valence-electron chi connectivity index (χ2n) is 3.71. The number of carbonyl (C=O) groups is 2. The van der Waals surface area contributed by atoms with E-state index in [-0.39, 0.29) is 11.9 Å². The van der Waals surface area contributed by atoms with Crippen LogP contribution in [0.4, 0.5) is 0 Å². The van der Waals surface area contributed by atoms with Crippen molar-refractivity contribution in [2.75, 3.05) is 7.05 Å². The van der Waals surface area contributed by atoms with Crippen LogP contribution < -0.4 is 0 Å². The van der Waals surface area contributed by atoms with Gasteiger partial charge in [-0.05, 0) is 19.9 Å². The fourth-order valence-electron chi connectivity index (χ4n) is 1.22. The summed E-state index contributed by atoms with van der Waals surface area (Å²) in [6.07, 6.45) is 0.710. The topological polar surface area (TPSA) is 37.4 Å². The number of benzene rings is 1. The van der Waals surface area contributed by atoms with Crippen LogP contribution in [0.1, 0.15) is 34.6 Å². The molecule has 1 aromatic rings. The molecular weight excluding hydrogens is 190 g/mol. The van der Waals surface area contributed by atoms with Gasteiger partial charge in [0.2, 0.25) is 0 Å². The molecule has 80 valence electrons. The Hall–Kier alpha value is -1.64. The first-order chi connectivity index (χ1) is 7.07. The van der Waals surface area contributed by atoms with Gasteiger partial charge in [0.25, 0.3) is 5.91 Å². The first-order valence-corrected chi connectivity index (χ1v) is 4.89. The number of hydrogen-bond acceptors (Lipinski definition) is 2. The molecule has 0 aliphatic heterocycles. The Morgan fingerprint density at radius 3 is 2.47 bits per heavy atom. The number of amides is 1. The molecule has 0 radical (unpaired) electrons. The van der Waals surface area contributed by atoms with Crippen LogP contribution >= 0.6 is 0 Å². The molecule has 0 heterocycles. The molecule has 0 unspecified atom stereocenters. The van der Waals surface area contributed by atoms with Crippen LogP contribution in [0, 0.1) is 0 Å². The summed E-state index contributed by atoms with van der Waals surface area (Å²) in [4.78, 5) is 24.3.